The Kier molecular flexibility index (Phi) is 5.54. The molecule has 0 atom stereocenters. The van der Waals surface area contributed by atoms with Gasteiger partial charge in [0, 0.05) is 29.5 Å². The Balaban J connectivity index is 1.88. The Morgan fingerprint density at radius 1 is 1.32 bits per heavy atom. The number of non-ortho nitro benzene ring substituents is 1. The third kappa shape index (κ3) is 4.24. The largest absolute Gasteiger partial charge is 0.467 e. The molecule has 2 aromatic carbocycles. The molecular formula is C17H14ClNO8S. The fourth-order valence-electron chi connectivity index (χ4n) is 2.61. The number of sulfone groups is 1. The fourth-order valence-corrected chi connectivity index (χ4v) is 3.45. The van der Waals surface area contributed by atoms with Crippen molar-refractivity contribution in [3.8, 4) is 5.75 Å². The van der Waals surface area contributed by atoms with E-state index < -0.39 is 20.7 Å². The minimum atomic E-state index is -3.55. The number of fused-ring (bicyclic) bond motifs is 1. The summed E-state index contributed by atoms with van der Waals surface area (Å²) in [4.78, 5) is 22.9. The van der Waals surface area contributed by atoms with Gasteiger partial charge >= 0.3 is 5.97 Å². The van der Waals surface area contributed by atoms with Crippen LogP contribution in [0, 0.1) is 10.1 Å². The van der Waals surface area contributed by atoms with Gasteiger partial charge in [-0.2, -0.15) is 0 Å². The van der Waals surface area contributed by atoms with Gasteiger partial charge in [0.1, 0.15) is 12.4 Å². The summed E-state index contributed by atoms with van der Waals surface area (Å²) in [5.41, 5.74) is 0.420. The molecule has 0 spiro atoms. The van der Waals surface area contributed by atoms with Gasteiger partial charge in [0.2, 0.25) is 0 Å². The number of hydrogen-bond acceptors (Lipinski definition) is 8. The first-order valence-corrected chi connectivity index (χ1v) is 10.1. The number of carbonyl (C=O) groups excluding carboxylic acids is 1. The van der Waals surface area contributed by atoms with Crippen molar-refractivity contribution in [2.24, 2.45) is 0 Å². The Bertz CT molecular complexity index is 1070. The first kappa shape index (κ1) is 20.1. The van der Waals surface area contributed by atoms with Gasteiger partial charge in [-0.1, -0.05) is 11.6 Å². The zero-order valence-electron chi connectivity index (χ0n) is 14.5. The first-order chi connectivity index (χ1) is 13.2. The van der Waals surface area contributed by atoms with Crippen molar-refractivity contribution in [3.63, 3.8) is 0 Å². The average molecular weight is 428 g/mol. The van der Waals surface area contributed by atoms with Gasteiger partial charge in [0.05, 0.1) is 27.0 Å². The maximum Gasteiger partial charge on any atom is 0.340 e. The standard InChI is InChI=1S/C17H14ClNO8S/c1-28(23,24)13-2-3-15(18)14(6-13)17(20)26-8-11-5-12(19(21)22)4-10-7-25-9-27-16(10)11/h2-6H,7-9H2,1H3. The summed E-state index contributed by atoms with van der Waals surface area (Å²) < 4.78 is 39.0. The highest BCUT2D eigenvalue weighted by Crippen LogP contribution is 2.33. The molecule has 3 rings (SSSR count). The molecule has 0 radical (unpaired) electrons. The van der Waals surface area contributed by atoms with E-state index in [0.717, 1.165) is 12.3 Å². The van der Waals surface area contributed by atoms with Crippen LogP contribution in [0.3, 0.4) is 0 Å². The van der Waals surface area contributed by atoms with E-state index in [1.54, 1.807) is 0 Å². The lowest BCUT2D eigenvalue weighted by molar-refractivity contribution is -0.385. The lowest BCUT2D eigenvalue weighted by Gasteiger charge is -2.20. The number of nitrogens with zero attached hydrogens (tertiary/aromatic N) is 1. The van der Waals surface area contributed by atoms with Gasteiger partial charge in [-0.25, -0.2) is 13.2 Å². The molecule has 0 amide bonds. The third-order valence-electron chi connectivity index (χ3n) is 3.93. The number of esters is 1. The first-order valence-electron chi connectivity index (χ1n) is 7.84. The molecule has 0 unspecified atom stereocenters. The van der Waals surface area contributed by atoms with Crippen molar-refractivity contribution < 1.29 is 32.3 Å². The number of nitro groups is 1. The van der Waals surface area contributed by atoms with Crippen LogP contribution in [0.25, 0.3) is 0 Å². The number of halogens is 1. The molecule has 1 aliphatic rings. The van der Waals surface area contributed by atoms with E-state index in [9.17, 15) is 23.3 Å². The summed E-state index contributed by atoms with van der Waals surface area (Å²) in [6.07, 6.45) is 1.00. The van der Waals surface area contributed by atoms with Crippen molar-refractivity contribution in [2.45, 2.75) is 18.1 Å². The number of carbonyl (C=O) groups is 1. The molecule has 0 aliphatic carbocycles. The summed E-state index contributed by atoms with van der Waals surface area (Å²) in [7, 11) is -3.55. The Labute approximate surface area is 164 Å². The second kappa shape index (κ2) is 7.74. The Morgan fingerprint density at radius 3 is 2.75 bits per heavy atom. The summed E-state index contributed by atoms with van der Waals surface area (Å²) in [6, 6.07) is 6.24. The molecule has 11 heteroatoms. The van der Waals surface area contributed by atoms with Crippen LogP contribution in [-0.2, 0) is 32.5 Å². The molecule has 0 fully saturated rings. The van der Waals surface area contributed by atoms with Crippen molar-refractivity contribution in [3.05, 3.63) is 62.2 Å². The molecule has 28 heavy (non-hydrogen) atoms. The van der Waals surface area contributed by atoms with Crippen LogP contribution in [0.15, 0.2) is 35.2 Å². The number of benzene rings is 2. The van der Waals surface area contributed by atoms with Crippen LogP contribution in [0.1, 0.15) is 21.5 Å². The van der Waals surface area contributed by atoms with Crippen molar-refractivity contribution in [1.29, 1.82) is 0 Å². The second-order valence-corrected chi connectivity index (χ2v) is 8.37. The van der Waals surface area contributed by atoms with Crippen molar-refractivity contribution in [1.82, 2.24) is 0 Å². The molecule has 148 valence electrons. The van der Waals surface area contributed by atoms with E-state index in [0.29, 0.717) is 11.3 Å². The van der Waals surface area contributed by atoms with Crippen LogP contribution in [0.5, 0.6) is 5.75 Å². The highest BCUT2D eigenvalue weighted by molar-refractivity contribution is 7.90. The molecule has 9 nitrogen and oxygen atoms in total. The number of hydrogen-bond donors (Lipinski definition) is 0. The summed E-state index contributed by atoms with van der Waals surface area (Å²) in [6.45, 7) is -0.240. The fraction of sp³-hybridized carbons (Fsp3) is 0.235. The monoisotopic (exact) mass is 427 g/mol. The van der Waals surface area contributed by atoms with Crippen molar-refractivity contribution in [2.75, 3.05) is 13.0 Å². The lowest BCUT2D eigenvalue weighted by Crippen LogP contribution is -2.15. The normalized spacial score (nSPS) is 13.4. The van der Waals surface area contributed by atoms with Gasteiger partial charge in [0.15, 0.2) is 16.6 Å². The molecular weight excluding hydrogens is 414 g/mol. The summed E-state index contributed by atoms with van der Waals surface area (Å²) in [5.74, 6) is -0.525. The molecule has 0 saturated carbocycles. The Hall–Kier alpha value is -2.69. The third-order valence-corrected chi connectivity index (χ3v) is 5.37. The van der Waals surface area contributed by atoms with Gasteiger partial charge in [-0.05, 0) is 18.2 Å². The van der Waals surface area contributed by atoms with E-state index in [2.05, 4.69) is 0 Å². The minimum absolute atomic E-state index is 0.0168. The number of nitro benzene ring substituents is 1. The maximum absolute atomic E-state index is 12.4. The van der Waals surface area contributed by atoms with Gasteiger partial charge in [-0.3, -0.25) is 10.1 Å². The molecule has 1 heterocycles. The zero-order valence-corrected chi connectivity index (χ0v) is 16.1. The minimum Gasteiger partial charge on any atom is -0.467 e. The zero-order chi connectivity index (χ0) is 20.5. The number of ether oxygens (including phenoxy) is 3. The van der Waals surface area contributed by atoms with E-state index in [1.807, 2.05) is 0 Å². The second-order valence-electron chi connectivity index (χ2n) is 5.95. The van der Waals surface area contributed by atoms with E-state index in [-0.39, 0.29) is 46.7 Å². The summed E-state index contributed by atoms with van der Waals surface area (Å²) >= 11 is 5.98. The van der Waals surface area contributed by atoms with Gasteiger partial charge in [0.25, 0.3) is 5.69 Å². The van der Waals surface area contributed by atoms with Crippen LogP contribution in [0.4, 0.5) is 5.69 Å². The predicted octanol–water partition coefficient (Wildman–Crippen LogP) is 2.88. The topological polar surface area (TPSA) is 122 Å². The van der Waals surface area contributed by atoms with E-state index >= 15 is 0 Å². The Morgan fingerprint density at radius 2 is 2.07 bits per heavy atom. The van der Waals surface area contributed by atoms with Crippen molar-refractivity contribution >= 4 is 33.1 Å². The predicted molar refractivity (Wildman–Crippen MR) is 97.1 cm³/mol. The molecule has 1 aliphatic heterocycles. The van der Waals surface area contributed by atoms with Gasteiger partial charge in [-0.15, -0.1) is 0 Å². The maximum atomic E-state index is 12.4. The van der Waals surface area contributed by atoms with E-state index in [4.69, 9.17) is 25.8 Å². The molecule has 0 aromatic heterocycles. The lowest BCUT2D eigenvalue weighted by atomic mass is 10.1. The summed E-state index contributed by atoms with van der Waals surface area (Å²) in [5, 5.41) is 11.1. The van der Waals surface area contributed by atoms with Gasteiger partial charge < -0.3 is 14.2 Å². The average Bonchev–Trinajstić information content (AvgIpc) is 2.64. The number of rotatable bonds is 5. The molecule has 0 N–H and O–H groups in total. The SMILES string of the molecule is CS(=O)(=O)c1ccc(Cl)c(C(=O)OCc2cc([N+](=O)[O-])cc3c2OCOC3)c1. The van der Waals surface area contributed by atoms with E-state index in [1.165, 1.54) is 24.3 Å². The smallest absolute Gasteiger partial charge is 0.340 e. The highest BCUT2D eigenvalue weighted by atomic mass is 35.5. The van der Waals surface area contributed by atoms with Crippen LogP contribution in [-0.4, -0.2) is 32.4 Å². The highest BCUT2D eigenvalue weighted by Gasteiger charge is 2.23. The molecule has 0 saturated heterocycles. The molecule has 0 bridgehead atoms. The van der Waals surface area contributed by atoms with Crippen LogP contribution in [0.2, 0.25) is 5.02 Å². The van der Waals surface area contributed by atoms with Crippen LogP contribution >= 0.6 is 11.6 Å². The molecule has 2 aromatic rings. The quantitative estimate of drug-likeness (QED) is 0.405. The van der Waals surface area contributed by atoms with Crippen LogP contribution < -0.4 is 4.74 Å².